The largest absolute Gasteiger partial charge is 0.380 e. The summed E-state index contributed by atoms with van der Waals surface area (Å²) in [5.74, 6) is -0.0235. The lowest BCUT2D eigenvalue weighted by Gasteiger charge is -2.18. The van der Waals surface area contributed by atoms with Gasteiger partial charge in [0.05, 0.1) is 6.10 Å². The van der Waals surface area contributed by atoms with E-state index in [1.807, 2.05) is 53.4 Å². The van der Waals surface area contributed by atoms with Crippen LogP contribution in [0.25, 0.3) is 0 Å². The first-order valence-corrected chi connectivity index (χ1v) is 7.53. The summed E-state index contributed by atoms with van der Waals surface area (Å²) in [6.07, 6.45) is 5.14. The number of nitrogens with one attached hydrogen (secondary N) is 1. The second kappa shape index (κ2) is 6.66. The minimum absolute atomic E-state index is 0.0235. The van der Waals surface area contributed by atoms with E-state index in [2.05, 4.69) is 10.2 Å². The molecule has 5 nitrogen and oxygen atoms in total. The minimum atomic E-state index is -0.0235. The van der Waals surface area contributed by atoms with Crippen LogP contribution in [-0.4, -0.2) is 36.8 Å². The Kier molecular flexibility index (Phi) is 4.44. The summed E-state index contributed by atoms with van der Waals surface area (Å²) >= 11 is 0. The Labute approximate surface area is 130 Å². The summed E-state index contributed by atoms with van der Waals surface area (Å²) in [5.41, 5.74) is 1.99. The van der Waals surface area contributed by atoms with Gasteiger partial charge in [-0.2, -0.15) is 0 Å². The van der Waals surface area contributed by atoms with Crippen LogP contribution < -0.4 is 10.2 Å². The van der Waals surface area contributed by atoms with Crippen LogP contribution in [0, 0.1) is 0 Å². The van der Waals surface area contributed by atoms with Gasteiger partial charge in [0, 0.05) is 44.0 Å². The van der Waals surface area contributed by atoms with Gasteiger partial charge in [-0.25, -0.2) is 0 Å². The van der Waals surface area contributed by atoms with E-state index < -0.39 is 0 Å². The number of carbonyl (C=O) groups is 1. The number of aromatic nitrogens is 1. The van der Waals surface area contributed by atoms with Crippen molar-refractivity contribution in [2.24, 2.45) is 0 Å². The summed E-state index contributed by atoms with van der Waals surface area (Å²) < 4.78 is 7.23. The van der Waals surface area contributed by atoms with Crippen LogP contribution in [-0.2, 0) is 16.1 Å². The lowest BCUT2D eigenvalue weighted by atomic mass is 10.2. The maximum atomic E-state index is 11.9. The number of nitrogens with zero attached hydrogens (tertiary/aromatic N) is 2. The second-order valence-corrected chi connectivity index (χ2v) is 5.54. The van der Waals surface area contributed by atoms with E-state index in [9.17, 15) is 4.79 Å². The van der Waals surface area contributed by atoms with Gasteiger partial charge in [0.1, 0.15) is 6.54 Å². The Morgan fingerprint density at radius 2 is 2.00 bits per heavy atom. The van der Waals surface area contributed by atoms with Gasteiger partial charge >= 0.3 is 0 Å². The van der Waals surface area contributed by atoms with Gasteiger partial charge < -0.3 is 19.5 Å². The van der Waals surface area contributed by atoms with E-state index in [4.69, 9.17) is 4.74 Å². The van der Waals surface area contributed by atoms with Gasteiger partial charge in [-0.05, 0) is 42.8 Å². The van der Waals surface area contributed by atoms with Crippen molar-refractivity contribution in [3.63, 3.8) is 0 Å². The van der Waals surface area contributed by atoms with Crippen molar-refractivity contribution < 1.29 is 9.53 Å². The lowest BCUT2D eigenvalue weighted by Crippen LogP contribution is -2.22. The fraction of sp³-hybridized carbons (Fsp3) is 0.353. The van der Waals surface area contributed by atoms with Crippen molar-refractivity contribution in [3.05, 3.63) is 48.8 Å². The number of ether oxygens (including phenoxy) is 1. The van der Waals surface area contributed by atoms with Crippen molar-refractivity contribution in [3.8, 4) is 0 Å². The summed E-state index contributed by atoms with van der Waals surface area (Å²) in [5, 5.41) is 2.91. The van der Waals surface area contributed by atoms with E-state index in [1.165, 1.54) is 5.69 Å². The van der Waals surface area contributed by atoms with Gasteiger partial charge in [0.25, 0.3) is 0 Å². The van der Waals surface area contributed by atoms with Gasteiger partial charge in [-0.1, -0.05) is 0 Å². The Hall–Kier alpha value is -2.27. The molecule has 1 aromatic heterocycles. The van der Waals surface area contributed by atoms with Crippen LogP contribution in [0.2, 0.25) is 0 Å². The highest BCUT2D eigenvalue weighted by atomic mass is 16.5. The molecule has 1 saturated heterocycles. The van der Waals surface area contributed by atoms with E-state index in [1.54, 1.807) is 7.11 Å². The molecule has 0 radical (unpaired) electrons. The first-order valence-electron chi connectivity index (χ1n) is 7.53. The Morgan fingerprint density at radius 3 is 2.64 bits per heavy atom. The molecule has 2 heterocycles. The third-order valence-electron chi connectivity index (χ3n) is 3.99. The molecule has 1 N–H and O–H groups in total. The molecule has 0 spiro atoms. The van der Waals surface area contributed by atoms with Crippen LogP contribution in [0.3, 0.4) is 0 Å². The average molecular weight is 299 g/mol. The SMILES string of the molecule is CO[C@@H]1CCN(c2ccc(NC(=O)Cn3cccc3)cc2)C1. The number of benzene rings is 1. The average Bonchev–Trinajstić information content (AvgIpc) is 3.19. The van der Waals surface area contributed by atoms with E-state index in [0.717, 1.165) is 25.2 Å². The molecule has 1 fully saturated rings. The molecule has 0 saturated carbocycles. The first kappa shape index (κ1) is 14.7. The summed E-state index contributed by atoms with van der Waals surface area (Å²) in [6.45, 7) is 2.27. The molecule has 5 heteroatoms. The fourth-order valence-corrected chi connectivity index (χ4v) is 2.75. The zero-order valence-corrected chi connectivity index (χ0v) is 12.7. The molecule has 1 aromatic carbocycles. The zero-order chi connectivity index (χ0) is 15.4. The van der Waals surface area contributed by atoms with Crippen LogP contribution in [0.15, 0.2) is 48.8 Å². The molecule has 116 valence electrons. The molecule has 0 bridgehead atoms. The van der Waals surface area contributed by atoms with Gasteiger partial charge in [0.15, 0.2) is 0 Å². The number of carbonyl (C=O) groups excluding carboxylic acids is 1. The molecule has 1 atom stereocenters. The smallest absolute Gasteiger partial charge is 0.244 e. The molecular formula is C17H21N3O2. The summed E-state index contributed by atoms with van der Waals surface area (Å²) in [6, 6.07) is 11.8. The van der Waals surface area contributed by atoms with Crippen LogP contribution in [0.1, 0.15) is 6.42 Å². The highest BCUT2D eigenvalue weighted by molar-refractivity contribution is 5.90. The normalized spacial score (nSPS) is 17.7. The molecule has 0 unspecified atom stereocenters. The predicted molar refractivity (Wildman–Crippen MR) is 87.1 cm³/mol. The second-order valence-electron chi connectivity index (χ2n) is 5.54. The molecule has 0 aliphatic carbocycles. The summed E-state index contributed by atoms with van der Waals surface area (Å²) in [4.78, 5) is 14.2. The summed E-state index contributed by atoms with van der Waals surface area (Å²) in [7, 11) is 1.76. The quantitative estimate of drug-likeness (QED) is 0.922. The number of amides is 1. The van der Waals surface area contributed by atoms with Crippen LogP contribution in [0.5, 0.6) is 0 Å². The molecule has 1 aliphatic heterocycles. The maximum Gasteiger partial charge on any atom is 0.244 e. The Morgan fingerprint density at radius 1 is 1.27 bits per heavy atom. The molecule has 2 aromatic rings. The number of hydrogen-bond donors (Lipinski definition) is 1. The van der Waals surface area contributed by atoms with Gasteiger partial charge in [-0.3, -0.25) is 4.79 Å². The Bertz CT molecular complexity index is 607. The maximum absolute atomic E-state index is 11.9. The zero-order valence-electron chi connectivity index (χ0n) is 12.7. The highest BCUT2D eigenvalue weighted by Gasteiger charge is 2.21. The molecule has 1 aliphatic rings. The van der Waals surface area contributed by atoms with Crippen molar-refractivity contribution in [1.82, 2.24) is 4.57 Å². The van der Waals surface area contributed by atoms with Gasteiger partial charge in [0.2, 0.25) is 5.91 Å². The first-order chi connectivity index (χ1) is 10.7. The molecule has 3 rings (SSSR count). The molecule has 22 heavy (non-hydrogen) atoms. The van der Waals surface area contributed by atoms with Crippen molar-refractivity contribution in [2.45, 2.75) is 19.1 Å². The van der Waals surface area contributed by atoms with Crippen molar-refractivity contribution in [1.29, 1.82) is 0 Å². The van der Waals surface area contributed by atoms with Crippen molar-refractivity contribution >= 4 is 17.3 Å². The third kappa shape index (κ3) is 3.49. The van der Waals surface area contributed by atoms with E-state index in [0.29, 0.717) is 12.6 Å². The monoisotopic (exact) mass is 299 g/mol. The lowest BCUT2D eigenvalue weighted by molar-refractivity contribution is -0.116. The number of anilines is 2. The van der Waals surface area contributed by atoms with Gasteiger partial charge in [-0.15, -0.1) is 0 Å². The van der Waals surface area contributed by atoms with E-state index >= 15 is 0 Å². The standard InChI is InChI=1S/C17H21N3O2/c1-22-16-8-11-20(12-16)15-6-4-14(5-7-15)18-17(21)13-19-9-2-3-10-19/h2-7,9-10,16H,8,11-13H2,1H3,(H,18,21)/t16-/m1/s1. The molecular weight excluding hydrogens is 278 g/mol. The number of methoxy groups -OCH3 is 1. The predicted octanol–water partition coefficient (Wildman–Crippen LogP) is 2.35. The number of rotatable bonds is 5. The third-order valence-corrected chi connectivity index (χ3v) is 3.99. The fourth-order valence-electron chi connectivity index (χ4n) is 2.75. The number of hydrogen-bond acceptors (Lipinski definition) is 3. The minimum Gasteiger partial charge on any atom is -0.380 e. The topological polar surface area (TPSA) is 46.5 Å². The Balaban J connectivity index is 1.56. The highest BCUT2D eigenvalue weighted by Crippen LogP contribution is 2.23. The van der Waals surface area contributed by atoms with Crippen molar-refractivity contribution in [2.75, 3.05) is 30.4 Å². The van der Waals surface area contributed by atoms with E-state index in [-0.39, 0.29) is 5.91 Å². The van der Waals surface area contributed by atoms with Crippen LogP contribution in [0.4, 0.5) is 11.4 Å². The molecule has 1 amide bonds. The van der Waals surface area contributed by atoms with Crippen LogP contribution >= 0.6 is 0 Å².